The Bertz CT molecular complexity index is 331. The van der Waals surface area contributed by atoms with E-state index >= 15 is 0 Å². The molecule has 0 saturated carbocycles. The van der Waals surface area contributed by atoms with Crippen molar-refractivity contribution in [1.29, 1.82) is 0 Å². The van der Waals surface area contributed by atoms with Crippen LogP contribution >= 0.6 is 11.8 Å². The highest BCUT2D eigenvalue weighted by molar-refractivity contribution is 8.00. The van der Waals surface area contributed by atoms with Gasteiger partial charge in [0.25, 0.3) is 0 Å². The predicted octanol–water partition coefficient (Wildman–Crippen LogP) is 2.82. The van der Waals surface area contributed by atoms with Crippen LogP contribution in [0.3, 0.4) is 0 Å². The molecular weight excluding hydrogens is 206 g/mol. The summed E-state index contributed by atoms with van der Waals surface area (Å²) in [6.45, 7) is 8.72. The summed E-state index contributed by atoms with van der Waals surface area (Å²) in [4.78, 5) is 4.53. The molecule has 0 aromatic carbocycles. The number of aliphatic hydroxyl groups excluding tert-OH is 1. The van der Waals surface area contributed by atoms with E-state index in [1.165, 1.54) is 0 Å². The van der Waals surface area contributed by atoms with E-state index in [0.717, 1.165) is 16.3 Å². The Morgan fingerprint density at radius 2 is 2.00 bits per heavy atom. The number of aromatic nitrogens is 1. The maximum Gasteiger partial charge on any atom is 0.0968 e. The van der Waals surface area contributed by atoms with Crippen LogP contribution in [0.4, 0.5) is 0 Å². The molecule has 1 rings (SSSR count). The lowest BCUT2D eigenvalue weighted by Gasteiger charge is -2.17. The van der Waals surface area contributed by atoms with Gasteiger partial charge in [0.1, 0.15) is 0 Å². The molecule has 0 unspecified atom stereocenters. The summed E-state index contributed by atoms with van der Waals surface area (Å²) >= 11 is 1.77. The molecule has 0 aliphatic carbocycles. The van der Waals surface area contributed by atoms with E-state index in [-0.39, 0.29) is 11.4 Å². The van der Waals surface area contributed by atoms with Crippen LogP contribution in [-0.4, -0.2) is 21.4 Å². The van der Waals surface area contributed by atoms with Crippen LogP contribution in [0.1, 0.15) is 32.0 Å². The van der Waals surface area contributed by atoms with Crippen molar-refractivity contribution in [2.75, 3.05) is 6.61 Å². The topological polar surface area (TPSA) is 33.1 Å². The minimum atomic E-state index is 0.189. The third-order valence-corrected chi connectivity index (χ3v) is 3.01. The van der Waals surface area contributed by atoms with Gasteiger partial charge in [-0.3, -0.25) is 0 Å². The van der Waals surface area contributed by atoms with Gasteiger partial charge < -0.3 is 5.11 Å². The second-order valence-corrected chi connectivity index (χ2v) is 6.43. The molecule has 0 saturated heterocycles. The molecule has 2 nitrogen and oxygen atoms in total. The second kappa shape index (κ2) is 4.99. The van der Waals surface area contributed by atoms with Gasteiger partial charge in [0.05, 0.1) is 5.03 Å². The van der Waals surface area contributed by atoms with Crippen molar-refractivity contribution in [3.05, 3.63) is 23.4 Å². The summed E-state index contributed by atoms with van der Waals surface area (Å²) in [6, 6.07) is 4.10. The standard InChI is InChI=1S/C12H19NOS/c1-9-10(7-8-14)5-6-11(13-9)15-12(2,3)4/h5-6,14H,7-8H2,1-4H3. The first-order valence-electron chi connectivity index (χ1n) is 5.19. The SMILES string of the molecule is Cc1nc(SC(C)(C)C)ccc1CCO. The maximum atomic E-state index is 8.87. The molecule has 0 spiro atoms. The fourth-order valence-corrected chi connectivity index (χ4v) is 2.27. The molecule has 1 aromatic rings. The van der Waals surface area contributed by atoms with Gasteiger partial charge in [0.2, 0.25) is 0 Å². The number of aryl methyl sites for hydroxylation is 1. The molecule has 84 valence electrons. The first kappa shape index (κ1) is 12.5. The van der Waals surface area contributed by atoms with E-state index in [4.69, 9.17) is 5.11 Å². The molecule has 3 heteroatoms. The molecule has 1 aromatic heterocycles. The predicted molar refractivity (Wildman–Crippen MR) is 65.4 cm³/mol. The van der Waals surface area contributed by atoms with Crippen LogP contribution in [0.2, 0.25) is 0 Å². The van der Waals surface area contributed by atoms with Crippen LogP contribution in [0, 0.1) is 6.92 Å². The number of pyridine rings is 1. The molecule has 15 heavy (non-hydrogen) atoms. The molecule has 0 radical (unpaired) electrons. The van der Waals surface area contributed by atoms with E-state index in [2.05, 4.69) is 31.8 Å². The molecule has 1 N–H and O–H groups in total. The molecular formula is C12H19NOS. The zero-order chi connectivity index (χ0) is 11.5. The normalized spacial score (nSPS) is 11.8. The van der Waals surface area contributed by atoms with Crippen molar-refractivity contribution in [3.63, 3.8) is 0 Å². The van der Waals surface area contributed by atoms with Gasteiger partial charge in [-0.05, 0) is 25.0 Å². The molecule has 0 atom stereocenters. The fraction of sp³-hybridized carbons (Fsp3) is 0.583. The maximum absolute atomic E-state index is 8.87. The van der Waals surface area contributed by atoms with E-state index < -0.39 is 0 Å². The van der Waals surface area contributed by atoms with Gasteiger partial charge in [0.15, 0.2) is 0 Å². The fourth-order valence-electron chi connectivity index (χ4n) is 1.32. The summed E-state index contributed by atoms with van der Waals surface area (Å²) < 4.78 is 0.192. The lowest BCUT2D eigenvalue weighted by molar-refractivity contribution is 0.299. The Labute approximate surface area is 96.1 Å². The Morgan fingerprint density at radius 3 is 2.47 bits per heavy atom. The van der Waals surface area contributed by atoms with E-state index in [1.54, 1.807) is 11.8 Å². The molecule has 1 heterocycles. The highest BCUT2D eigenvalue weighted by atomic mass is 32.2. The average molecular weight is 225 g/mol. The minimum Gasteiger partial charge on any atom is -0.396 e. The van der Waals surface area contributed by atoms with Crippen molar-refractivity contribution in [2.45, 2.75) is 43.9 Å². The first-order valence-corrected chi connectivity index (χ1v) is 6.00. The van der Waals surface area contributed by atoms with Gasteiger partial charge in [-0.1, -0.05) is 26.8 Å². The number of thioether (sulfide) groups is 1. The smallest absolute Gasteiger partial charge is 0.0968 e. The van der Waals surface area contributed by atoms with Gasteiger partial charge in [-0.15, -0.1) is 11.8 Å². The van der Waals surface area contributed by atoms with Crippen LogP contribution in [0.25, 0.3) is 0 Å². The first-order chi connectivity index (χ1) is 6.92. The largest absolute Gasteiger partial charge is 0.396 e. The highest BCUT2D eigenvalue weighted by Gasteiger charge is 2.13. The summed E-state index contributed by atoms with van der Waals surface area (Å²) in [6.07, 6.45) is 0.694. The average Bonchev–Trinajstić information content (AvgIpc) is 2.07. The van der Waals surface area contributed by atoms with Crippen molar-refractivity contribution in [1.82, 2.24) is 4.98 Å². The molecule has 0 fully saturated rings. The summed E-state index contributed by atoms with van der Waals surface area (Å²) in [5.41, 5.74) is 2.16. The number of aliphatic hydroxyl groups is 1. The van der Waals surface area contributed by atoms with Crippen LogP contribution in [-0.2, 0) is 6.42 Å². The summed E-state index contributed by atoms with van der Waals surface area (Å²) in [5, 5.41) is 9.92. The quantitative estimate of drug-likeness (QED) is 0.803. The second-order valence-electron chi connectivity index (χ2n) is 4.58. The van der Waals surface area contributed by atoms with Crippen molar-refractivity contribution >= 4 is 11.8 Å². The third-order valence-electron chi connectivity index (χ3n) is 1.96. The van der Waals surface area contributed by atoms with E-state index in [9.17, 15) is 0 Å². The van der Waals surface area contributed by atoms with Crippen LogP contribution < -0.4 is 0 Å². The minimum absolute atomic E-state index is 0.189. The lowest BCUT2D eigenvalue weighted by atomic mass is 10.1. The van der Waals surface area contributed by atoms with Crippen LogP contribution in [0.15, 0.2) is 17.2 Å². The Balaban J connectivity index is 2.82. The Morgan fingerprint density at radius 1 is 1.33 bits per heavy atom. The lowest BCUT2D eigenvalue weighted by Crippen LogP contribution is -2.08. The number of rotatable bonds is 3. The van der Waals surface area contributed by atoms with Gasteiger partial charge >= 0.3 is 0 Å². The molecule has 0 bridgehead atoms. The molecule has 0 aliphatic rings. The van der Waals surface area contributed by atoms with Gasteiger partial charge in [0, 0.05) is 17.0 Å². The Kier molecular flexibility index (Phi) is 4.17. The zero-order valence-corrected chi connectivity index (χ0v) is 10.7. The van der Waals surface area contributed by atoms with Crippen molar-refractivity contribution in [2.24, 2.45) is 0 Å². The summed E-state index contributed by atoms with van der Waals surface area (Å²) in [5.74, 6) is 0. The van der Waals surface area contributed by atoms with Crippen molar-refractivity contribution in [3.8, 4) is 0 Å². The van der Waals surface area contributed by atoms with Crippen molar-refractivity contribution < 1.29 is 5.11 Å². The Hall–Kier alpha value is -0.540. The number of nitrogens with zero attached hydrogens (tertiary/aromatic N) is 1. The van der Waals surface area contributed by atoms with Crippen LogP contribution in [0.5, 0.6) is 0 Å². The van der Waals surface area contributed by atoms with Gasteiger partial charge in [-0.2, -0.15) is 0 Å². The number of hydrogen-bond donors (Lipinski definition) is 1. The van der Waals surface area contributed by atoms with E-state index in [1.807, 2.05) is 13.0 Å². The highest BCUT2D eigenvalue weighted by Crippen LogP contribution is 2.30. The number of hydrogen-bond acceptors (Lipinski definition) is 3. The van der Waals surface area contributed by atoms with E-state index in [0.29, 0.717) is 6.42 Å². The third kappa shape index (κ3) is 4.22. The monoisotopic (exact) mass is 225 g/mol. The zero-order valence-electron chi connectivity index (χ0n) is 9.87. The van der Waals surface area contributed by atoms with Gasteiger partial charge in [-0.25, -0.2) is 4.98 Å². The molecule has 0 amide bonds. The summed E-state index contributed by atoms with van der Waals surface area (Å²) in [7, 11) is 0. The molecule has 0 aliphatic heterocycles.